The summed E-state index contributed by atoms with van der Waals surface area (Å²) in [4.78, 5) is 25.7. The van der Waals surface area contributed by atoms with E-state index in [1.165, 1.54) is 34.3 Å². The van der Waals surface area contributed by atoms with E-state index in [9.17, 15) is 18.0 Å². The number of halogens is 1. The molecule has 0 heterocycles. The average Bonchev–Trinajstić information content (AvgIpc) is 2.86. The summed E-state index contributed by atoms with van der Waals surface area (Å²) < 4.78 is 32.6. The molecule has 7 nitrogen and oxygen atoms in total. The van der Waals surface area contributed by atoms with Crippen molar-refractivity contribution in [3.05, 3.63) is 82.9 Å². The predicted molar refractivity (Wildman–Crippen MR) is 140 cm³/mol. The molecule has 0 saturated heterocycles. The maximum Gasteiger partial charge on any atom is 0.338 e. The number of benzene rings is 3. The van der Waals surface area contributed by atoms with Gasteiger partial charge in [0.15, 0.2) is 0 Å². The molecule has 3 aromatic rings. The zero-order chi connectivity index (χ0) is 25.6. The van der Waals surface area contributed by atoms with Gasteiger partial charge in [-0.15, -0.1) is 11.8 Å². The van der Waals surface area contributed by atoms with Gasteiger partial charge in [0, 0.05) is 17.0 Å². The highest BCUT2D eigenvalue weighted by molar-refractivity contribution is 7.98. The van der Waals surface area contributed by atoms with Gasteiger partial charge in [-0.05, 0) is 86.8 Å². The van der Waals surface area contributed by atoms with Crippen molar-refractivity contribution in [3.8, 4) is 0 Å². The first-order chi connectivity index (χ1) is 16.7. The van der Waals surface area contributed by atoms with E-state index in [1.54, 1.807) is 62.4 Å². The van der Waals surface area contributed by atoms with E-state index in [4.69, 9.17) is 16.3 Å². The molecular formula is C25H25ClN2O5S2. The number of thioether (sulfide) groups is 1. The zero-order valence-electron chi connectivity index (χ0n) is 19.4. The van der Waals surface area contributed by atoms with Gasteiger partial charge in [-0.3, -0.25) is 9.10 Å². The molecule has 1 N–H and O–H groups in total. The Hall–Kier alpha value is -3.01. The topological polar surface area (TPSA) is 92.8 Å². The summed E-state index contributed by atoms with van der Waals surface area (Å²) in [6.07, 6.45) is 1.92. The van der Waals surface area contributed by atoms with Crippen molar-refractivity contribution < 1.29 is 22.7 Å². The average molecular weight is 533 g/mol. The summed E-state index contributed by atoms with van der Waals surface area (Å²) in [5.41, 5.74) is 1.37. The minimum Gasteiger partial charge on any atom is -0.462 e. The summed E-state index contributed by atoms with van der Waals surface area (Å²) in [6.45, 7) is 3.92. The first kappa shape index (κ1) is 26.6. The number of nitrogens with one attached hydrogen (secondary N) is 1. The van der Waals surface area contributed by atoms with Gasteiger partial charge in [-0.2, -0.15) is 0 Å². The third-order valence-corrected chi connectivity index (χ3v) is 8.05. The Morgan fingerprint density at radius 1 is 0.971 bits per heavy atom. The van der Waals surface area contributed by atoms with E-state index in [2.05, 4.69) is 5.32 Å². The van der Waals surface area contributed by atoms with Gasteiger partial charge in [-0.25, -0.2) is 13.2 Å². The lowest BCUT2D eigenvalue weighted by Crippen LogP contribution is -2.30. The van der Waals surface area contributed by atoms with Crippen molar-refractivity contribution in [2.45, 2.75) is 23.6 Å². The Kier molecular flexibility index (Phi) is 8.82. The monoisotopic (exact) mass is 532 g/mol. The summed E-state index contributed by atoms with van der Waals surface area (Å²) in [5.74, 6) is -0.931. The first-order valence-electron chi connectivity index (χ1n) is 10.8. The molecule has 35 heavy (non-hydrogen) atoms. The van der Waals surface area contributed by atoms with Crippen LogP contribution in [-0.4, -0.2) is 39.7 Å². The third kappa shape index (κ3) is 6.17. The Morgan fingerprint density at radius 2 is 1.60 bits per heavy atom. The number of carbonyl (C=O) groups is 2. The molecule has 0 atom stereocenters. The first-order valence-corrected chi connectivity index (χ1v) is 13.8. The molecule has 0 fully saturated rings. The molecule has 0 unspecified atom stereocenters. The van der Waals surface area contributed by atoms with Crippen molar-refractivity contribution in [1.82, 2.24) is 0 Å². The van der Waals surface area contributed by atoms with Crippen LogP contribution in [0.4, 0.5) is 11.4 Å². The Balaban J connectivity index is 1.77. The molecule has 0 spiro atoms. The van der Waals surface area contributed by atoms with Gasteiger partial charge >= 0.3 is 5.97 Å². The van der Waals surface area contributed by atoms with Crippen molar-refractivity contribution >= 4 is 56.6 Å². The van der Waals surface area contributed by atoms with Gasteiger partial charge in [-0.1, -0.05) is 11.6 Å². The highest BCUT2D eigenvalue weighted by Gasteiger charge is 2.24. The third-order valence-electron chi connectivity index (χ3n) is 5.08. The Morgan fingerprint density at radius 3 is 2.14 bits per heavy atom. The number of rotatable bonds is 9. The maximum absolute atomic E-state index is 13.2. The van der Waals surface area contributed by atoms with Crippen LogP contribution in [0.2, 0.25) is 5.02 Å². The summed E-state index contributed by atoms with van der Waals surface area (Å²) in [7, 11) is -3.76. The Labute approximate surface area is 214 Å². The van der Waals surface area contributed by atoms with Gasteiger partial charge < -0.3 is 10.1 Å². The summed E-state index contributed by atoms with van der Waals surface area (Å²) >= 11 is 7.75. The minimum absolute atomic E-state index is 0.191. The molecule has 0 aliphatic carbocycles. The Bertz CT molecular complexity index is 1310. The SMILES string of the molecule is CCOC(=O)c1ccc(NC(=O)c2ccc(N(CC)S(=O)(=O)c3ccc(SC)cc3)cc2)c(Cl)c1. The fourth-order valence-electron chi connectivity index (χ4n) is 3.30. The van der Waals surface area contributed by atoms with Crippen LogP contribution < -0.4 is 9.62 Å². The molecule has 0 aliphatic heterocycles. The van der Waals surface area contributed by atoms with Gasteiger partial charge in [0.05, 0.1) is 33.5 Å². The normalized spacial score (nSPS) is 11.1. The van der Waals surface area contributed by atoms with Crippen molar-refractivity contribution in [2.75, 3.05) is 29.0 Å². The van der Waals surface area contributed by atoms with Gasteiger partial charge in [0.2, 0.25) is 0 Å². The fourth-order valence-corrected chi connectivity index (χ4v) is 5.41. The van der Waals surface area contributed by atoms with Crippen LogP contribution in [0.5, 0.6) is 0 Å². The number of carbonyl (C=O) groups excluding carboxylic acids is 2. The molecule has 0 saturated carbocycles. The number of hydrogen-bond donors (Lipinski definition) is 1. The van der Waals surface area contributed by atoms with Crippen LogP contribution in [0.1, 0.15) is 34.6 Å². The predicted octanol–water partition coefficient (Wildman–Crippen LogP) is 5.71. The molecule has 184 valence electrons. The molecule has 10 heteroatoms. The highest BCUT2D eigenvalue weighted by atomic mass is 35.5. The number of nitrogens with zero attached hydrogens (tertiary/aromatic N) is 1. The molecule has 0 aromatic heterocycles. The molecule has 0 radical (unpaired) electrons. The second-order valence-corrected chi connectivity index (χ2v) is 10.4. The van der Waals surface area contributed by atoms with Crippen LogP contribution in [0, 0.1) is 0 Å². The molecule has 3 aromatic carbocycles. The summed E-state index contributed by atoms with van der Waals surface area (Å²) in [5, 5.41) is 2.89. The second-order valence-electron chi connectivity index (χ2n) is 7.26. The van der Waals surface area contributed by atoms with Crippen LogP contribution in [0.15, 0.2) is 76.5 Å². The van der Waals surface area contributed by atoms with Crippen molar-refractivity contribution in [1.29, 1.82) is 0 Å². The number of esters is 1. The van der Waals surface area contributed by atoms with E-state index in [0.717, 1.165) is 4.90 Å². The van der Waals surface area contributed by atoms with Crippen molar-refractivity contribution in [3.63, 3.8) is 0 Å². The van der Waals surface area contributed by atoms with Crippen LogP contribution in [0.25, 0.3) is 0 Å². The molecule has 0 bridgehead atoms. The van der Waals surface area contributed by atoms with Crippen molar-refractivity contribution in [2.24, 2.45) is 0 Å². The van der Waals surface area contributed by atoms with Gasteiger partial charge in [0.1, 0.15) is 0 Å². The maximum atomic E-state index is 13.2. The lowest BCUT2D eigenvalue weighted by molar-refractivity contribution is 0.0526. The van der Waals surface area contributed by atoms with E-state index in [-0.39, 0.29) is 28.6 Å². The highest BCUT2D eigenvalue weighted by Crippen LogP contribution is 2.27. The van der Waals surface area contributed by atoms with E-state index >= 15 is 0 Å². The molecule has 1 amide bonds. The van der Waals surface area contributed by atoms with Crippen LogP contribution in [-0.2, 0) is 14.8 Å². The van der Waals surface area contributed by atoms with E-state index in [1.807, 2.05) is 6.26 Å². The number of anilines is 2. The minimum atomic E-state index is -3.76. The van der Waals surface area contributed by atoms with E-state index in [0.29, 0.717) is 16.9 Å². The fraction of sp³-hybridized carbons (Fsp3) is 0.200. The number of ether oxygens (including phenoxy) is 1. The second kappa shape index (κ2) is 11.6. The lowest BCUT2D eigenvalue weighted by atomic mass is 10.1. The van der Waals surface area contributed by atoms with Crippen LogP contribution in [0.3, 0.4) is 0 Å². The van der Waals surface area contributed by atoms with Crippen LogP contribution >= 0.6 is 23.4 Å². The zero-order valence-corrected chi connectivity index (χ0v) is 21.8. The number of hydrogen-bond acceptors (Lipinski definition) is 6. The largest absolute Gasteiger partial charge is 0.462 e. The molecular weight excluding hydrogens is 508 g/mol. The molecule has 3 rings (SSSR count). The smallest absolute Gasteiger partial charge is 0.338 e. The van der Waals surface area contributed by atoms with Gasteiger partial charge in [0.25, 0.3) is 15.9 Å². The number of amides is 1. The standard InChI is InChI=1S/C25H25ClN2O5S2/c1-4-28(35(31,32)21-13-11-20(34-3)12-14-21)19-9-6-17(7-10-19)24(29)27-23-15-8-18(16-22(23)26)25(30)33-5-2/h6-16H,4-5H2,1-3H3,(H,27,29). The number of sulfonamides is 1. The summed E-state index contributed by atoms with van der Waals surface area (Å²) in [6, 6.07) is 17.4. The molecule has 0 aliphatic rings. The quantitative estimate of drug-likeness (QED) is 0.280. The van der Waals surface area contributed by atoms with E-state index < -0.39 is 21.9 Å². The lowest BCUT2D eigenvalue weighted by Gasteiger charge is -2.23.